The fourth-order valence-electron chi connectivity index (χ4n) is 1.35. The van der Waals surface area contributed by atoms with Crippen LogP contribution < -0.4 is 0 Å². The van der Waals surface area contributed by atoms with Gasteiger partial charge in [0.2, 0.25) is 5.16 Å². The smallest absolute Gasteiger partial charge is 0.313 e. The number of thioether (sulfide) groups is 2. The Kier molecular flexibility index (Phi) is 3.47. The van der Waals surface area contributed by atoms with Crippen LogP contribution in [0.2, 0.25) is 0 Å². The van der Waals surface area contributed by atoms with Gasteiger partial charge in [-0.3, -0.25) is 4.79 Å². The summed E-state index contributed by atoms with van der Waals surface area (Å²) in [4.78, 5) is 10.4. The average Bonchev–Trinajstić information content (AvgIpc) is 2.85. The third-order valence-electron chi connectivity index (χ3n) is 2.04. The molecule has 0 aliphatic carbocycles. The molecule has 0 aromatic carbocycles. The Labute approximate surface area is 94.8 Å². The van der Waals surface area contributed by atoms with Gasteiger partial charge in [-0.05, 0) is 22.6 Å². The van der Waals surface area contributed by atoms with Crippen LogP contribution in [0.25, 0.3) is 0 Å². The maximum Gasteiger partial charge on any atom is 0.313 e. The zero-order chi connectivity index (χ0) is 10.7. The first kappa shape index (κ1) is 10.7. The molecular weight excluding hydrogens is 236 g/mol. The van der Waals surface area contributed by atoms with E-state index in [-0.39, 0.29) is 5.75 Å². The molecule has 0 amide bonds. The van der Waals surface area contributed by atoms with E-state index in [1.165, 1.54) is 11.8 Å². The van der Waals surface area contributed by atoms with E-state index in [4.69, 9.17) is 5.11 Å². The molecule has 1 unspecified atom stereocenters. The molecule has 0 radical (unpaired) electrons. The first-order chi connectivity index (χ1) is 7.27. The average molecular weight is 246 g/mol. The van der Waals surface area contributed by atoms with Gasteiger partial charge in [-0.2, -0.15) is 11.8 Å². The van der Waals surface area contributed by atoms with E-state index >= 15 is 0 Å². The molecule has 1 saturated heterocycles. The van der Waals surface area contributed by atoms with Crippen LogP contribution in [-0.2, 0) is 4.79 Å². The summed E-state index contributed by atoms with van der Waals surface area (Å²) in [5.41, 5.74) is 0. The number of aliphatic carboxylic acids is 1. The molecule has 1 N–H and O–H groups in total. The Bertz CT molecular complexity index is 351. The standard InChI is InChI=1S/C7H10N4O2S2/c12-6(13)4-15-7-8-9-10-11(7)5-1-2-14-3-5/h5H,1-4H2,(H,12,13). The lowest BCUT2D eigenvalue weighted by Gasteiger charge is -2.09. The van der Waals surface area contributed by atoms with Crippen molar-refractivity contribution in [3.05, 3.63) is 0 Å². The Morgan fingerprint density at radius 3 is 3.27 bits per heavy atom. The second-order valence-corrected chi connectivity index (χ2v) is 5.20. The first-order valence-corrected chi connectivity index (χ1v) is 6.61. The summed E-state index contributed by atoms with van der Waals surface area (Å²) in [7, 11) is 0. The molecule has 2 heterocycles. The number of carboxylic acid groups (broad SMARTS) is 1. The molecule has 1 aromatic rings. The van der Waals surface area contributed by atoms with Crippen molar-refractivity contribution >= 4 is 29.5 Å². The highest BCUT2D eigenvalue weighted by Gasteiger charge is 2.22. The highest BCUT2D eigenvalue weighted by Crippen LogP contribution is 2.29. The number of carbonyl (C=O) groups is 1. The number of hydrogen-bond acceptors (Lipinski definition) is 6. The van der Waals surface area contributed by atoms with Gasteiger partial charge < -0.3 is 5.11 Å². The molecule has 82 valence electrons. The summed E-state index contributed by atoms with van der Waals surface area (Å²) in [6.07, 6.45) is 1.05. The minimum Gasteiger partial charge on any atom is -0.481 e. The van der Waals surface area contributed by atoms with Crippen LogP contribution in [0.4, 0.5) is 0 Å². The van der Waals surface area contributed by atoms with Gasteiger partial charge in [0.25, 0.3) is 0 Å². The van der Waals surface area contributed by atoms with Gasteiger partial charge in [0, 0.05) is 5.75 Å². The SMILES string of the molecule is O=C(O)CSc1nnnn1C1CCSC1. The maximum atomic E-state index is 10.4. The number of carboxylic acids is 1. The topological polar surface area (TPSA) is 80.9 Å². The van der Waals surface area contributed by atoms with Crippen LogP contribution in [0.3, 0.4) is 0 Å². The molecule has 0 bridgehead atoms. The van der Waals surface area contributed by atoms with Crippen molar-refractivity contribution in [2.24, 2.45) is 0 Å². The summed E-state index contributed by atoms with van der Waals surface area (Å²) < 4.78 is 1.74. The van der Waals surface area contributed by atoms with E-state index in [0.717, 1.165) is 17.9 Å². The molecule has 2 rings (SSSR count). The van der Waals surface area contributed by atoms with Crippen LogP contribution >= 0.6 is 23.5 Å². The second kappa shape index (κ2) is 4.84. The minimum absolute atomic E-state index is 0.000234. The van der Waals surface area contributed by atoms with Crippen LogP contribution in [0.1, 0.15) is 12.5 Å². The fourth-order valence-corrected chi connectivity index (χ4v) is 3.20. The van der Waals surface area contributed by atoms with Crippen LogP contribution in [-0.4, -0.2) is 48.5 Å². The predicted molar refractivity (Wildman–Crippen MR) is 57.2 cm³/mol. The van der Waals surface area contributed by atoms with Crippen LogP contribution in [0.15, 0.2) is 5.16 Å². The third-order valence-corrected chi connectivity index (χ3v) is 4.10. The van der Waals surface area contributed by atoms with Crippen molar-refractivity contribution in [1.29, 1.82) is 0 Å². The maximum absolute atomic E-state index is 10.4. The molecular formula is C7H10N4O2S2. The summed E-state index contributed by atoms with van der Waals surface area (Å²) in [5, 5.41) is 20.5. The minimum atomic E-state index is -0.852. The summed E-state index contributed by atoms with van der Waals surface area (Å²) in [5.74, 6) is 1.27. The van der Waals surface area contributed by atoms with Crippen molar-refractivity contribution in [1.82, 2.24) is 20.2 Å². The molecule has 1 atom stereocenters. The van der Waals surface area contributed by atoms with E-state index in [1.807, 2.05) is 11.8 Å². The number of tetrazole rings is 1. The summed E-state index contributed by atoms with van der Waals surface area (Å²) >= 11 is 3.04. The lowest BCUT2D eigenvalue weighted by Crippen LogP contribution is -2.12. The lowest BCUT2D eigenvalue weighted by atomic mass is 10.3. The van der Waals surface area contributed by atoms with Crippen molar-refractivity contribution < 1.29 is 9.90 Å². The quantitative estimate of drug-likeness (QED) is 0.776. The molecule has 1 fully saturated rings. The van der Waals surface area contributed by atoms with E-state index in [9.17, 15) is 4.79 Å². The molecule has 0 spiro atoms. The fraction of sp³-hybridized carbons (Fsp3) is 0.714. The van der Waals surface area contributed by atoms with Gasteiger partial charge in [0.15, 0.2) is 0 Å². The van der Waals surface area contributed by atoms with E-state index in [0.29, 0.717) is 11.2 Å². The Hall–Kier alpha value is -0.760. The summed E-state index contributed by atoms with van der Waals surface area (Å²) in [6, 6.07) is 0.321. The predicted octanol–water partition coefficient (Wildman–Crippen LogP) is 0.528. The van der Waals surface area contributed by atoms with E-state index < -0.39 is 5.97 Å². The Balaban J connectivity index is 2.04. The van der Waals surface area contributed by atoms with Gasteiger partial charge in [0.1, 0.15) is 0 Å². The second-order valence-electron chi connectivity index (χ2n) is 3.11. The number of nitrogens with zero attached hydrogens (tertiary/aromatic N) is 4. The van der Waals surface area contributed by atoms with Gasteiger partial charge >= 0.3 is 5.97 Å². The Morgan fingerprint density at radius 1 is 1.73 bits per heavy atom. The molecule has 6 nitrogen and oxygen atoms in total. The highest BCUT2D eigenvalue weighted by molar-refractivity contribution is 8.00. The zero-order valence-corrected chi connectivity index (χ0v) is 9.50. The van der Waals surface area contributed by atoms with Crippen LogP contribution in [0.5, 0.6) is 0 Å². The summed E-state index contributed by atoms with van der Waals surface area (Å²) in [6.45, 7) is 0. The lowest BCUT2D eigenvalue weighted by molar-refractivity contribution is -0.133. The number of hydrogen-bond donors (Lipinski definition) is 1. The highest BCUT2D eigenvalue weighted by atomic mass is 32.2. The molecule has 1 aliphatic rings. The van der Waals surface area contributed by atoms with Crippen molar-refractivity contribution in [3.8, 4) is 0 Å². The van der Waals surface area contributed by atoms with Crippen molar-refractivity contribution in [2.75, 3.05) is 17.3 Å². The first-order valence-electron chi connectivity index (χ1n) is 4.47. The van der Waals surface area contributed by atoms with E-state index in [1.54, 1.807) is 4.68 Å². The molecule has 1 aromatic heterocycles. The van der Waals surface area contributed by atoms with Gasteiger partial charge in [0.05, 0.1) is 11.8 Å². The monoisotopic (exact) mass is 246 g/mol. The largest absolute Gasteiger partial charge is 0.481 e. The van der Waals surface area contributed by atoms with Crippen molar-refractivity contribution in [3.63, 3.8) is 0 Å². The Morgan fingerprint density at radius 2 is 2.60 bits per heavy atom. The molecule has 1 aliphatic heterocycles. The van der Waals surface area contributed by atoms with Crippen LogP contribution in [0, 0.1) is 0 Å². The zero-order valence-electron chi connectivity index (χ0n) is 7.87. The third kappa shape index (κ3) is 2.63. The van der Waals surface area contributed by atoms with E-state index in [2.05, 4.69) is 15.5 Å². The van der Waals surface area contributed by atoms with Gasteiger partial charge in [-0.25, -0.2) is 4.68 Å². The molecule has 8 heteroatoms. The normalized spacial score (nSPS) is 20.7. The van der Waals surface area contributed by atoms with Crippen molar-refractivity contribution in [2.45, 2.75) is 17.6 Å². The molecule has 15 heavy (non-hydrogen) atoms. The number of rotatable bonds is 4. The molecule has 0 saturated carbocycles. The number of aromatic nitrogens is 4. The van der Waals surface area contributed by atoms with Gasteiger partial charge in [-0.1, -0.05) is 11.8 Å². The van der Waals surface area contributed by atoms with Gasteiger partial charge in [-0.15, -0.1) is 5.10 Å².